The first-order valence-corrected chi connectivity index (χ1v) is 8.91. The molecular formula is C16H22ClN3O4S. The van der Waals surface area contributed by atoms with Gasteiger partial charge < -0.3 is 15.1 Å². The van der Waals surface area contributed by atoms with Crippen LogP contribution in [0.5, 0.6) is 0 Å². The topological polar surface area (TPSA) is 106 Å². The lowest BCUT2D eigenvalue weighted by molar-refractivity contribution is 0.0797. The lowest BCUT2D eigenvalue weighted by Crippen LogP contribution is -2.36. The van der Waals surface area contributed by atoms with Gasteiger partial charge in [-0.15, -0.1) is 12.4 Å². The number of carbonyl (C=O) groups is 1. The second-order valence-electron chi connectivity index (χ2n) is 5.44. The van der Waals surface area contributed by atoms with Crippen molar-refractivity contribution in [1.29, 1.82) is 0 Å². The average Bonchev–Trinajstić information content (AvgIpc) is 3.03. The fraction of sp³-hybridized carbons (Fsp3) is 0.312. The molecule has 0 unspecified atom stereocenters. The summed E-state index contributed by atoms with van der Waals surface area (Å²) in [5.74, 6) is 0.264. The zero-order chi connectivity index (χ0) is 17.7. The van der Waals surface area contributed by atoms with Gasteiger partial charge >= 0.3 is 0 Å². The number of aryl methyl sites for hydroxylation is 1. The summed E-state index contributed by atoms with van der Waals surface area (Å²) >= 11 is 0. The number of hydrogen-bond donors (Lipinski definition) is 2. The number of nitrogens with one attached hydrogen (secondary N) is 1. The quantitative estimate of drug-likeness (QED) is 0.749. The fourth-order valence-corrected chi connectivity index (χ4v) is 3.09. The van der Waals surface area contributed by atoms with E-state index in [2.05, 4.69) is 4.72 Å². The van der Waals surface area contributed by atoms with Crippen LogP contribution in [0.2, 0.25) is 0 Å². The van der Waals surface area contributed by atoms with Gasteiger partial charge in [-0.1, -0.05) is 17.7 Å². The Kier molecular flexibility index (Phi) is 7.62. The maximum Gasteiger partial charge on any atom is 0.256 e. The van der Waals surface area contributed by atoms with Gasteiger partial charge in [0.2, 0.25) is 10.0 Å². The van der Waals surface area contributed by atoms with Gasteiger partial charge in [-0.05, 0) is 25.1 Å². The number of carbonyl (C=O) groups excluding carboxylic acids is 1. The number of amides is 1. The fourth-order valence-electron chi connectivity index (χ4n) is 2.07. The number of halogens is 1. The number of hydrogen-bond acceptors (Lipinski definition) is 5. The zero-order valence-corrected chi connectivity index (χ0v) is 15.7. The predicted octanol–water partition coefficient (Wildman–Crippen LogP) is 1.52. The molecule has 0 spiro atoms. The van der Waals surface area contributed by atoms with Crippen LogP contribution in [0.15, 0.2) is 45.9 Å². The SMILES string of the molecule is Cc1ccc(S(=O)(=O)NCCN(C)C(=O)c2coc(CN)c2)cc1.Cl. The Bertz CT molecular complexity index is 803. The Labute approximate surface area is 153 Å². The summed E-state index contributed by atoms with van der Waals surface area (Å²) in [5.41, 5.74) is 6.81. The van der Waals surface area contributed by atoms with Gasteiger partial charge in [-0.2, -0.15) is 0 Å². The summed E-state index contributed by atoms with van der Waals surface area (Å²) in [6.07, 6.45) is 1.34. The van der Waals surface area contributed by atoms with Crippen molar-refractivity contribution in [3.05, 3.63) is 53.5 Å². The Morgan fingerprint density at radius 3 is 2.48 bits per heavy atom. The van der Waals surface area contributed by atoms with E-state index < -0.39 is 10.0 Å². The smallest absolute Gasteiger partial charge is 0.256 e. The molecule has 0 radical (unpaired) electrons. The highest BCUT2D eigenvalue weighted by atomic mass is 35.5. The van der Waals surface area contributed by atoms with Crippen LogP contribution in [-0.2, 0) is 16.6 Å². The van der Waals surface area contributed by atoms with Crippen molar-refractivity contribution in [3.8, 4) is 0 Å². The van der Waals surface area contributed by atoms with Gasteiger partial charge in [0.15, 0.2) is 0 Å². The molecule has 1 aromatic carbocycles. The molecule has 0 aliphatic carbocycles. The summed E-state index contributed by atoms with van der Waals surface area (Å²) in [6.45, 7) is 2.44. The third-order valence-electron chi connectivity index (χ3n) is 3.52. The van der Waals surface area contributed by atoms with Crippen LogP contribution >= 0.6 is 12.4 Å². The van der Waals surface area contributed by atoms with E-state index in [1.807, 2.05) is 6.92 Å². The number of nitrogens with zero attached hydrogens (tertiary/aromatic N) is 1. The highest BCUT2D eigenvalue weighted by molar-refractivity contribution is 7.89. The molecule has 0 saturated carbocycles. The molecule has 25 heavy (non-hydrogen) atoms. The van der Waals surface area contributed by atoms with E-state index in [-0.39, 0.29) is 42.8 Å². The minimum atomic E-state index is -3.59. The molecule has 0 fully saturated rings. The van der Waals surface area contributed by atoms with E-state index in [1.165, 1.54) is 11.2 Å². The van der Waals surface area contributed by atoms with E-state index in [1.54, 1.807) is 37.4 Å². The summed E-state index contributed by atoms with van der Waals surface area (Å²) in [7, 11) is -1.99. The second-order valence-corrected chi connectivity index (χ2v) is 7.21. The highest BCUT2D eigenvalue weighted by Gasteiger charge is 2.17. The van der Waals surface area contributed by atoms with Crippen LogP contribution in [0.25, 0.3) is 0 Å². The molecule has 0 aliphatic rings. The monoisotopic (exact) mass is 387 g/mol. The van der Waals surface area contributed by atoms with Crippen molar-refractivity contribution >= 4 is 28.3 Å². The number of sulfonamides is 1. The van der Waals surface area contributed by atoms with Crippen LogP contribution < -0.4 is 10.5 Å². The Morgan fingerprint density at radius 1 is 1.28 bits per heavy atom. The first kappa shape index (κ1) is 21.2. The third kappa shape index (κ3) is 5.57. The molecule has 1 aromatic heterocycles. The normalized spacial score (nSPS) is 11.0. The molecule has 9 heteroatoms. The summed E-state index contributed by atoms with van der Waals surface area (Å²) < 4.78 is 31.9. The Balaban J connectivity index is 0.00000312. The minimum absolute atomic E-state index is 0. The van der Waals surface area contributed by atoms with Crippen molar-refractivity contribution in [1.82, 2.24) is 9.62 Å². The maximum absolute atomic E-state index is 12.2. The Hall–Kier alpha value is -1.87. The van der Waals surface area contributed by atoms with Crippen LogP contribution in [0.1, 0.15) is 21.7 Å². The van der Waals surface area contributed by atoms with Crippen molar-refractivity contribution in [2.75, 3.05) is 20.1 Å². The molecule has 138 valence electrons. The molecule has 0 aliphatic heterocycles. The average molecular weight is 388 g/mol. The number of likely N-dealkylation sites (N-methyl/N-ethyl adjacent to an activating group) is 1. The largest absolute Gasteiger partial charge is 0.467 e. The van der Waals surface area contributed by atoms with E-state index in [0.29, 0.717) is 11.3 Å². The van der Waals surface area contributed by atoms with Crippen LogP contribution in [0, 0.1) is 6.92 Å². The molecule has 0 atom stereocenters. The number of furan rings is 1. The second kappa shape index (κ2) is 9.00. The standard InChI is InChI=1S/C16H21N3O4S.ClH/c1-12-3-5-15(6-4-12)24(21,22)18-7-8-19(2)16(20)13-9-14(10-17)23-11-13;/h3-6,9,11,18H,7-8,10,17H2,1-2H3;1H. The van der Waals surface area contributed by atoms with Gasteiger partial charge in [0.05, 0.1) is 17.0 Å². The van der Waals surface area contributed by atoms with Crippen molar-refractivity contribution < 1.29 is 17.6 Å². The zero-order valence-electron chi connectivity index (χ0n) is 14.1. The molecule has 0 saturated heterocycles. The van der Waals surface area contributed by atoms with E-state index in [9.17, 15) is 13.2 Å². The molecule has 1 amide bonds. The lowest BCUT2D eigenvalue weighted by atomic mass is 10.2. The van der Waals surface area contributed by atoms with Crippen molar-refractivity contribution in [2.24, 2.45) is 5.73 Å². The molecule has 2 aromatic rings. The number of rotatable bonds is 7. The van der Waals surface area contributed by atoms with Gasteiger partial charge in [-0.3, -0.25) is 4.79 Å². The minimum Gasteiger partial charge on any atom is -0.467 e. The molecule has 2 rings (SSSR count). The van der Waals surface area contributed by atoms with E-state index >= 15 is 0 Å². The first-order valence-electron chi connectivity index (χ1n) is 7.43. The summed E-state index contributed by atoms with van der Waals surface area (Å²) in [4.78, 5) is 13.8. The molecule has 3 N–H and O–H groups in total. The molecule has 0 bridgehead atoms. The van der Waals surface area contributed by atoms with E-state index in [4.69, 9.17) is 10.2 Å². The highest BCUT2D eigenvalue weighted by Crippen LogP contribution is 2.11. The predicted molar refractivity (Wildman–Crippen MR) is 97.2 cm³/mol. The molecule has 7 nitrogen and oxygen atoms in total. The Morgan fingerprint density at radius 2 is 1.92 bits per heavy atom. The van der Waals surface area contributed by atoms with Gasteiger partial charge in [0.1, 0.15) is 12.0 Å². The molecular weight excluding hydrogens is 366 g/mol. The van der Waals surface area contributed by atoms with Gasteiger partial charge in [-0.25, -0.2) is 13.1 Å². The van der Waals surface area contributed by atoms with Crippen LogP contribution in [-0.4, -0.2) is 39.4 Å². The van der Waals surface area contributed by atoms with Gasteiger partial charge in [0, 0.05) is 20.1 Å². The van der Waals surface area contributed by atoms with Gasteiger partial charge in [0.25, 0.3) is 5.91 Å². The van der Waals surface area contributed by atoms with Crippen LogP contribution in [0.4, 0.5) is 0 Å². The summed E-state index contributed by atoms with van der Waals surface area (Å²) in [5, 5.41) is 0. The maximum atomic E-state index is 12.2. The third-order valence-corrected chi connectivity index (χ3v) is 5.00. The number of benzene rings is 1. The summed E-state index contributed by atoms with van der Waals surface area (Å²) in [6, 6.07) is 8.14. The van der Waals surface area contributed by atoms with Crippen molar-refractivity contribution in [3.63, 3.8) is 0 Å². The van der Waals surface area contributed by atoms with E-state index in [0.717, 1.165) is 5.56 Å². The van der Waals surface area contributed by atoms with Crippen molar-refractivity contribution in [2.45, 2.75) is 18.4 Å². The lowest BCUT2D eigenvalue weighted by Gasteiger charge is -2.16. The first-order chi connectivity index (χ1) is 11.3. The van der Waals surface area contributed by atoms with Crippen LogP contribution in [0.3, 0.4) is 0 Å². The number of nitrogens with two attached hydrogens (primary N) is 1. The molecule has 1 heterocycles.